The molecule has 0 bridgehead atoms. The number of fused-ring (bicyclic) bond motifs is 1. The standard InChI is InChI=1S/C23H20INO6/c1-30-20(11-12-21(27)28)22(17-13-15(24)9-10-19(17)26)31-23(29)25-18-8-4-6-14-5-2-3-7-16(14)18/h2-13,20,22,26H,1H3,(H,25,29)(H,27,28)/b12-11+/t20-,22-/m0/s1. The van der Waals surface area contributed by atoms with Gasteiger partial charge in [0.05, 0.1) is 5.69 Å². The van der Waals surface area contributed by atoms with E-state index in [0.717, 1.165) is 20.4 Å². The molecule has 1 amide bonds. The molecule has 0 aliphatic rings. The van der Waals surface area contributed by atoms with Crippen LogP contribution in [0.15, 0.2) is 72.8 Å². The summed E-state index contributed by atoms with van der Waals surface area (Å²) >= 11 is 2.06. The second-order valence-corrected chi connectivity index (χ2v) is 7.82. The normalized spacial score (nSPS) is 13.1. The molecule has 7 nitrogen and oxygen atoms in total. The molecule has 2 atom stereocenters. The maximum atomic E-state index is 12.8. The number of ether oxygens (including phenoxy) is 2. The fraction of sp³-hybridized carbons (Fsp3) is 0.130. The van der Waals surface area contributed by atoms with Crippen molar-refractivity contribution in [3.8, 4) is 5.75 Å². The number of carboxylic acid groups (broad SMARTS) is 1. The molecule has 0 aromatic heterocycles. The minimum absolute atomic E-state index is 0.103. The summed E-state index contributed by atoms with van der Waals surface area (Å²) < 4.78 is 11.8. The Morgan fingerprint density at radius 3 is 2.58 bits per heavy atom. The predicted octanol–water partition coefficient (Wildman–Crippen LogP) is 5.10. The predicted molar refractivity (Wildman–Crippen MR) is 125 cm³/mol. The number of amides is 1. The molecule has 0 saturated heterocycles. The first-order valence-electron chi connectivity index (χ1n) is 9.26. The van der Waals surface area contributed by atoms with E-state index in [4.69, 9.17) is 14.6 Å². The summed E-state index contributed by atoms with van der Waals surface area (Å²) in [5, 5.41) is 23.8. The summed E-state index contributed by atoms with van der Waals surface area (Å²) in [6.45, 7) is 0. The largest absolute Gasteiger partial charge is 0.508 e. The van der Waals surface area contributed by atoms with Gasteiger partial charge in [0, 0.05) is 27.7 Å². The highest BCUT2D eigenvalue weighted by Gasteiger charge is 2.28. The van der Waals surface area contributed by atoms with Crippen LogP contribution in [0.25, 0.3) is 10.8 Å². The molecule has 160 valence electrons. The van der Waals surface area contributed by atoms with Crippen molar-refractivity contribution in [2.45, 2.75) is 12.2 Å². The van der Waals surface area contributed by atoms with Crippen LogP contribution in [0.1, 0.15) is 11.7 Å². The summed E-state index contributed by atoms with van der Waals surface area (Å²) in [6.07, 6.45) is -0.649. The number of phenolic OH excluding ortho intramolecular Hbond substituents is 1. The fourth-order valence-electron chi connectivity index (χ4n) is 3.13. The van der Waals surface area contributed by atoms with Crippen LogP contribution in [-0.2, 0) is 14.3 Å². The van der Waals surface area contributed by atoms with Crippen molar-refractivity contribution in [2.75, 3.05) is 12.4 Å². The van der Waals surface area contributed by atoms with Gasteiger partial charge in [0.15, 0.2) is 6.10 Å². The summed E-state index contributed by atoms with van der Waals surface area (Å²) in [7, 11) is 1.36. The van der Waals surface area contributed by atoms with Gasteiger partial charge in [0.1, 0.15) is 11.9 Å². The van der Waals surface area contributed by atoms with Crippen LogP contribution in [0, 0.1) is 3.57 Å². The Morgan fingerprint density at radius 1 is 1.10 bits per heavy atom. The van der Waals surface area contributed by atoms with E-state index in [0.29, 0.717) is 11.3 Å². The number of methoxy groups -OCH3 is 1. The highest BCUT2D eigenvalue weighted by Crippen LogP contribution is 2.33. The molecule has 0 spiro atoms. The smallest absolute Gasteiger partial charge is 0.412 e. The van der Waals surface area contributed by atoms with Gasteiger partial charge in [0.25, 0.3) is 0 Å². The lowest BCUT2D eigenvalue weighted by atomic mass is 10.0. The zero-order valence-corrected chi connectivity index (χ0v) is 18.6. The third-order valence-corrected chi connectivity index (χ3v) is 5.23. The van der Waals surface area contributed by atoms with E-state index >= 15 is 0 Å². The number of nitrogens with one attached hydrogen (secondary N) is 1. The maximum Gasteiger partial charge on any atom is 0.412 e. The molecule has 3 N–H and O–H groups in total. The second kappa shape index (κ2) is 10.3. The van der Waals surface area contributed by atoms with E-state index in [9.17, 15) is 14.7 Å². The van der Waals surface area contributed by atoms with E-state index in [2.05, 4.69) is 27.9 Å². The number of rotatable bonds is 7. The van der Waals surface area contributed by atoms with E-state index in [-0.39, 0.29) is 5.75 Å². The molecule has 0 radical (unpaired) electrons. The molecule has 0 heterocycles. The monoisotopic (exact) mass is 533 g/mol. The van der Waals surface area contributed by atoms with E-state index in [1.807, 2.05) is 36.4 Å². The van der Waals surface area contributed by atoms with Crippen molar-refractivity contribution in [1.29, 1.82) is 0 Å². The molecule has 0 unspecified atom stereocenters. The molecule has 3 rings (SSSR count). The molecule has 3 aromatic carbocycles. The van der Waals surface area contributed by atoms with Crippen molar-refractivity contribution in [3.63, 3.8) is 0 Å². The van der Waals surface area contributed by atoms with E-state index in [1.54, 1.807) is 18.2 Å². The number of benzene rings is 3. The number of halogens is 1. The number of carboxylic acids is 1. The summed E-state index contributed by atoms with van der Waals surface area (Å²) in [4.78, 5) is 23.8. The average Bonchev–Trinajstić information content (AvgIpc) is 2.75. The molecule has 0 saturated carbocycles. The number of aromatic hydroxyl groups is 1. The van der Waals surface area contributed by atoms with Crippen LogP contribution in [-0.4, -0.2) is 35.5 Å². The van der Waals surface area contributed by atoms with E-state index < -0.39 is 24.3 Å². The van der Waals surface area contributed by atoms with Crippen LogP contribution >= 0.6 is 22.6 Å². The molecular formula is C23H20INO6. The lowest BCUT2D eigenvalue weighted by molar-refractivity contribution is -0.131. The number of carbonyl (C=O) groups is 2. The molecule has 0 aliphatic carbocycles. The van der Waals surface area contributed by atoms with Gasteiger partial charge in [-0.3, -0.25) is 5.32 Å². The molecule has 0 fully saturated rings. The zero-order valence-electron chi connectivity index (χ0n) is 16.5. The Labute approximate surface area is 192 Å². The van der Waals surface area contributed by atoms with Gasteiger partial charge in [-0.15, -0.1) is 0 Å². The number of hydrogen-bond donors (Lipinski definition) is 3. The SMILES string of the molecule is CO[C@@H](/C=C/C(=O)O)[C@@H](OC(=O)Nc1cccc2ccccc12)c1cc(I)ccc1O. The highest BCUT2D eigenvalue weighted by molar-refractivity contribution is 14.1. The van der Waals surface area contributed by atoms with Crippen molar-refractivity contribution in [2.24, 2.45) is 0 Å². The van der Waals surface area contributed by atoms with Crippen LogP contribution in [0.4, 0.5) is 10.5 Å². The highest BCUT2D eigenvalue weighted by atomic mass is 127. The zero-order chi connectivity index (χ0) is 22.4. The minimum Gasteiger partial charge on any atom is -0.508 e. The Balaban J connectivity index is 1.92. The number of phenols is 1. The van der Waals surface area contributed by atoms with Crippen LogP contribution < -0.4 is 5.32 Å². The molecule has 0 aliphatic heterocycles. The van der Waals surface area contributed by atoms with Crippen molar-refractivity contribution >= 4 is 51.1 Å². The lowest BCUT2D eigenvalue weighted by Gasteiger charge is -2.25. The molecule has 8 heteroatoms. The average molecular weight is 533 g/mol. The first-order chi connectivity index (χ1) is 14.9. The van der Waals surface area contributed by atoms with Gasteiger partial charge in [0.2, 0.25) is 0 Å². The summed E-state index contributed by atoms with van der Waals surface area (Å²) in [5.41, 5.74) is 0.852. The van der Waals surface area contributed by atoms with Gasteiger partial charge < -0.3 is 19.7 Å². The van der Waals surface area contributed by atoms with Crippen molar-refractivity contribution in [3.05, 3.63) is 81.9 Å². The Bertz CT molecular complexity index is 1120. The third kappa shape index (κ3) is 5.74. The quantitative estimate of drug-likeness (QED) is 0.289. The first-order valence-corrected chi connectivity index (χ1v) is 10.3. The number of aliphatic carboxylic acids is 1. The number of hydrogen-bond acceptors (Lipinski definition) is 5. The van der Waals surface area contributed by atoms with Crippen LogP contribution in [0.5, 0.6) is 5.75 Å². The Hall–Kier alpha value is -3.11. The van der Waals surface area contributed by atoms with Crippen LogP contribution in [0.3, 0.4) is 0 Å². The molecule has 31 heavy (non-hydrogen) atoms. The Kier molecular flexibility index (Phi) is 7.48. The van der Waals surface area contributed by atoms with Gasteiger partial charge in [-0.2, -0.15) is 0 Å². The minimum atomic E-state index is -1.17. The van der Waals surface area contributed by atoms with E-state index in [1.165, 1.54) is 19.3 Å². The van der Waals surface area contributed by atoms with Crippen LogP contribution in [0.2, 0.25) is 0 Å². The first kappa shape index (κ1) is 22.6. The number of anilines is 1. The number of carbonyl (C=O) groups excluding carboxylic acids is 1. The van der Waals surface area contributed by atoms with Gasteiger partial charge in [-0.1, -0.05) is 36.4 Å². The fourth-order valence-corrected chi connectivity index (χ4v) is 3.65. The van der Waals surface area contributed by atoms with Gasteiger partial charge in [-0.05, 0) is 58.3 Å². The summed E-state index contributed by atoms with van der Waals surface area (Å²) in [6, 6.07) is 17.9. The lowest BCUT2D eigenvalue weighted by Crippen LogP contribution is -2.27. The topological polar surface area (TPSA) is 105 Å². The molecule has 3 aromatic rings. The van der Waals surface area contributed by atoms with Gasteiger partial charge in [-0.25, -0.2) is 9.59 Å². The Morgan fingerprint density at radius 2 is 1.84 bits per heavy atom. The van der Waals surface area contributed by atoms with Gasteiger partial charge >= 0.3 is 12.1 Å². The molecular weight excluding hydrogens is 513 g/mol. The maximum absolute atomic E-state index is 12.8. The second-order valence-electron chi connectivity index (χ2n) is 6.58. The van der Waals surface area contributed by atoms with Crippen molar-refractivity contribution in [1.82, 2.24) is 0 Å². The van der Waals surface area contributed by atoms with Crippen molar-refractivity contribution < 1.29 is 29.3 Å². The summed E-state index contributed by atoms with van der Waals surface area (Å²) in [5.74, 6) is -1.28. The third-order valence-electron chi connectivity index (χ3n) is 4.56.